The number of rotatable bonds is 3. The van der Waals surface area contributed by atoms with Crippen molar-refractivity contribution in [3.8, 4) is 17.1 Å². The highest BCUT2D eigenvalue weighted by Gasteiger charge is 2.19. The van der Waals surface area contributed by atoms with Crippen molar-refractivity contribution in [3.05, 3.63) is 170 Å². The van der Waals surface area contributed by atoms with Crippen LogP contribution in [0.4, 0.5) is 0 Å². The van der Waals surface area contributed by atoms with Gasteiger partial charge in [0.25, 0.3) is 0 Å². The van der Waals surface area contributed by atoms with E-state index in [1.54, 1.807) is 6.20 Å². The van der Waals surface area contributed by atoms with Gasteiger partial charge in [0, 0.05) is 72.4 Å². The van der Waals surface area contributed by atoms with Gasteiger partial charge in [-0.3, -0.25) is 0 Å². The predicted octanol–water partition coefficient (Wildman–Crippen LogP) is 12.3. The quantitative estimate of drug-likeness (QED) is 0.189. The van der Waals surface area contributed by atoms with E-state index < -0.39 is 0 Å². The van der Waals surface area contributed by atoms with Gasteiger partial charge in [0.05, 0.1) is 33.1 Å². The summed E-state index contributed by atoms with van der Waals surface area (Å²) in [5.74, 6) is 0. The lowest BCUT2D eigenvalue weighted by molar-refractivity contribution is 0.654. The summed E-state index contributed by atoms with van der Waals surface area (Å²) >= 11 is 0. The molecule has 5 heteroatoms. The number of fused-ring (bicyclic) bond motifs is 12. The molecule has 12 aromatic rings. The zero-order valence-electron chi connectivity index (χ0n) is 27.9. The molecule has 242 valence electrons. The summed E-state index contributed by atoms with van der Waals surface area (Å²) in [6.45, 7) is 0. The monoisotopic (exact) mass is 664 g/mol. The maximum absolute atomic E-state index is 6.21. The summed E-state index contributed by atoms with van der Waals surface area (Å²) in [7, 11) is 0. The van der Waals surface area contributed by atoms with Crippen LogP contribution >= 0.6 is 0 Å². The number of aromatic nitrogens is 4. The molecule has 0 aliphatic heterocycles. The normalized spacial score (nSPS) is 12.2. The minimum atomic E-state index is 0.662. The summed E-state index contributed by atoms with van der Waals surface area (Å²) in [6, 6.07) is 59.1. The largest absolute Gasteiger partial charge is 0.438 e. The molecule has 0 bridgehead atoms. The van der Waals surface area contributed by atoms with Crippen molar-refractivity contribution >= 4 is 87.5 Å². The maximum Gasteiger partial charge on any atom is 0.227 e. The molecule has 0 aliphatic carbocycles. The average molecular weight is 665 g/mol. The first kappa shape index (κ1) is 27.7. The number of hydrogen-bond donors (Lipinski definition) is 0. The Morgan fingerprint density at radius 1 is 0.327 bits per heavy atom. The van der Waals surface area contributed by atoms with Gasteiger partial charge < -0.3 is 18.1 Å². The van der Waals surface area contributed by atoms with E-state index in [0.717, 1.165) is 44.5 Å². The lowest BCUT2D eigenvalue weighted by Crippen LogP contribution is -1.96. The van der Waals surface area contributed by atoms with E-state index in [2.05, 4.69) is 176 Å². The summed E-state index contributed by atoms with van der Waals surface area (Å²) < 4.78 is 13.4. The molecule has 52 heavy (non-hydrogen) atoms. The van der Waals surface area contributed by atoms with Crippen LogP contribution in [0.2, 0.25) is 0 Å². The van der Waals surface area contributed by atoms with Crippen molar-refractivity contribution in [3.63, 3.8) is 0 Å². The van der Waals surface area contributed by atoms with Gasteiger partial charge in [0.2, 0.25) is 5.71 Å². The standard InChI is InChI=1S/C47H28N4O/c1-5-15-40-32(10-1)33-11-2-6-16-41(33)49(40)29-20-23-44-38(26-29)34-12-3-7-17-42(34)50(44)30-21-24-45-39(27-30)35-13-4-8-18-43(35)51(45)31-19-22-36-37-14-9-25-48-47(37)52-46(36)28-31/h1-28H. The minimum Gasteiger partial charge on any atom is -0.438 e. The van der Waals surface area contributed by atoms with Crippen LogP contribution in [0, 0.1) is 0 Å². The molecule has 5 aromatic heterocycles. The fourth-order valence-corrected chi connectivity index (χ4v) is 8.70. The van der Waals surface area contributed by atoms with Crippen LogP contribution in [0.3, 0.4) is 0 Å². The third-order valence-corrected chi connectivity index (χ3v) is 10.9. The fraction of sp³-hybridized carbons (Fsp3) is 0. The lowest BCUT2D eigenvalue weighted by Gasteiger charge is -2.11. The van der Waals surface area contributed by atoms with Gasteiger partial charge in [-0.1, -0.05) is 72.8 Å². The van der Waals surface area contributed by atoms with Gasteiger partial charge in [-0.25, -0.2) is 4.98 Å². The summed E-state index contributed by atoms with van der Waals surface area (Å²) in [5, 5.41) is 9.51. The van der Waals surface area contributed by atoms with E-state index in [-0.39, 0.29) is 0 Å². The van der Waals surface area contributed by atoms with Gasteiger partial charge in [0.15, 0.2) is 0 Å². The molecular formula is C47H28N4O. The Morgan fingerprint density at radius 3 is 1.25 bits per heavy atom. The second-order valence-electron chi connectivity index (χ2n) is 13.6. The molecule has 0 spiro atoms. The third-order valence-electron chi connectivity index (χ3n) is 10.9. The number of para-hydroxylation sites is 4. The molecule has 0 radical (unpaired) electrons. The molecule has 0 atom stereocenters. The van der Waals surface area contributed by atoms with Gasteiger partial charge >= 0.3 is 0 Å². The highest BCUT2D eigenvalue weighted by Crippen LogP contribution is 2.40. The SMILES string of the molecule is c1cnc2oc3cc(-n4c5ccccc5c5cc(-n6c7ccccc7c7cc(-n8c9ccccc9c9ccccc98)ccc76)ccc54)ccc3c2c1. The molecule has 5 heterocycles. The van der Waals surface area contributed by atoms with E-state index >= 15 is 0 Å². The molecule has 0 saturated carbocycles. The van der Waals surface area contributed by atoms with E-state index in [1.807, 2.05) is 6.07 Å². The Bertz CT molecular complexity index is 3370. The topological polar surface area (TPSA) is 40.8 Å². The Kier molecular flexibility index (Phi) is 5.44. The molecule has 0 saturated heterocycles. The van der Waals surface area contributed by atoms with Crippen molar-refractivity contribution in [1.82, 2.24) is 18.7 Å². The molecule has 7 aromatic carbocycles. The van der Waals surface area contributed by atoms with Crippen molar-refractivity contribution in [2.75, 3.05) is 0 Å². The molecule has 0 fully saturated rings. The van der Waals surface area contributed by atoms with Crippen LogP contribution in [0.15, 0.2) is 174 Å². The fourth-order valence-electron chi connectivity index (χ4n) is 8.70. The van der Waals surface area contributed by atoms with E-state index in [0.29, 0.717) is 5.71 Å². The number of nitrogens with zero attached hydrogens (tertiary/aromatic N) is 4. The molecule has 0 aliphatic rings. The van der Waals surface area contributed by atoms with Crippen molar-refractivity contribution in [2.24, 2.45) is 0 Å². The first-order chi connectivity index (χ1) is 25.8. The first-order valence-corrected chi connectivity index (χ1v) is 17.6. The Balaban J connectivity index is 1.08. The van der Waals surface area contributed by atoms with Crippen LogP contribution < -0.4 is 0 Å². The van der Waals surface area contributed by atoms with Crippen LogP contribution in [-0.4, -0.2) is 18.7 Å². The molecule has 0 unspecified atom stereocenters. The van der Waals surface area contributed by atoms with Crippen molar-refractivity contribution in [1.29, 1.82) is 0 Å². The molecule has 5 nitrogen and oxygen atoms in total. The van der Waals surface area contributed by atoms with Crippen LogP contribution in [0.1, 0.15) is 0 Å². The van der Waals surface area contributed by atoms with Crippen molar-refractivity contribution in [2.45, 2.75) is 0 Å². The second-order valence-corrected chi connectivity index (χ2v) is 13.6. The van der Waals surface area contributed by atoms with Gasteiger partial charge in [-0.2, -0.15) is 0 Å². The number of pyridine rings is 1. The third kappa shape index (κ3) is 3.69. The zero-order chi connectivity index (χ0) is 33.9. The summed E-state index contributed by atoms with van der Waals surface area (Å²) in [4.78, 5) is 4.45. The maximum atomic E-state index is 6.21. The smallest absolute Gasteiger partial charge is 0.227 e. The van der Waals surface area contributed by atoms with E-state index in [9.17, 15) is 0 Å². The van der Waals surface area contributed by atoms with Crippen LogP contribution in [-0.2, 0) is 0 Å². The van der Waals surface area contributed by atoms with Crippen molar-refractivity contribution < 1.29 is 4.42 Å². The second kappa shape index (κ2) is 10.2. The Hall–Kier alpha value is -7.11. The first-order valence-electron chi connectivity index (χ1n) is 17.6. The van der Waals surface area contributed by atoms with Gasteiger partial charge in [-0.15, -0.1) is 0 Å². The molecule has 12 rings (SSSR count). The highest BCUT2D eigenvalue weighted by molar-refractivity contribution is 6.14. The zero-order valence-corrected chi connectivity index (χ0v) is 27.9. The average Bonchev–Trinajstić information content (AvgIpc) is 3.93. The van der Waals surface area contributed by atoms with Crippen LogP contribution in [0.25, 0.3) is 105 Å². The van der Waals surface area contributed by atoms with Gasteiger partial charge in [0.1, 0.15) is 5.58 Å². The Morgan fingerprint density at radius 2 is 0.731 bits per heavy atom. The molecule has 0 amide bonds. The summed E-state index contributed by atoms with van der Waals surface area (Å²) in [5.41, 5.74) is 11.9. The Labute approximate surface area is 296 Å². The highest BCUT2D eigenvalue weighted by atomic mass is 16.3. The number of furan rings is 1. The molecule has 0 N–H and O–H groups in total. The molecular weight excluding hydrogens is 637 g/mol. The van der Waals surface area contributed by atoms with Crippen LogP contribution in [0.5, 0.6) is 0 Å². The summed E-state index contributed by atoms with van der Waals surface area (Å²) in [6.07, 6.45) is 1.78. The lowest BCUT2D eigenvalue weighted by atomic mass is 10.1. The predicted molar refractivity (Wildman–Crippen MR) is 215 cm³/mol. The number of hydrogen-bond acceptors (Lipinski definition) is 2. The number of benzene rings is 7. The van der Waals surface area contributed by atoms with Gasteiger partial charge in [-0.05, 0) is 84.9 Å². The van der Waals surface area contributed by atoms with E-state index in [4.69, 9.17) is 4.42 Å². The van der Waals surface area contributed by atoms with E-state index in [1.165, 1.54) is 54.4 Å². The minimum absolute atomic E-state index is 0.662.